The molecule has 0 aliphatic rings. The Morgan fingerprint density at radius 2 is 1.71 bits per heavy atom. The summed E-state index contributed by atoms with van der Waals surface area (Å²) in [6.45, 7) is 5.75. The van der Waals surface area contributed by atoms with Gasteiger partial charge in [-0.25, -0.2) is 0 Å². The van der Waals surface area contributed by atoms with Gasteiger partial charge in [-0.05, 0) is 12.8 Å². The van der Waals surface area contributed by atoms with Crippen LogP contribution >= 0.6 is 0 Å². The lowest BCUT2D eigenvalue weighted by Crippen LogP contribution is -2.23. The summed E-state index contributed by atoms with van der Waals surface area (Å²) in [5, 5.41) is 0. The predicted molar refractivity (Wildman–Crippen MR) is 28.5 cm³/mol. The molecule has 1 nitrogen and oxygen atoms in total. The minimum Gasteiger partial charge on any atom is -0.156 e. The van der Waals surface area contributed by atoms with E-state index in [-0.39, 0.29) is 6.04 Å². The van der Waals surface area contributed by atoms with Crippen molar-refractivity contribution in [3.63, 3.8) is 0 Å². The van der Waals surface area contributed by atoms with Crippen molar-refractivity contribution in [2.45, 2.75) is 26.8 Å². The summed E-state index contributed by atoms with van der Waals surface area (Å²) in [5.41, 5.74) is 1.66. The minimum absolute atomic E-state index is 0.0139. The molecule has 1 atom stereocenters. The Labute approximate surface area is 43.8 Å². The summed E-state index contributed by atoms with van der Waals surface area (Å²) >= 11 is 0. The van der Waals surface area contributed by atoms with Gasteiger partial charge in [-0.3, -0.25) is 0 Å². The molecule has 0 amide bonds. The van der Waals surface area contributed by atoms with Crippen LogP contribution in [0.3, 0.4) is 0 Å². The maximum Gasteiger partial charge on any atom is 0.0366 e. The van der Waals surface area contributed by atoms with Gasteiger partial charge < -0.3 is 0 Å². The van der Waals surface area contributed by atoms with E-state index in [2.05, 4.69) is 0 Å². The van der Waals surface area contributed by atoms with E-state index in [9.17, 15) is 4.48 Å². The molecule has 0 aromatic rings. The van der Waals surface area contributed by atoms with Crippen LogP contribution in [0.15, 0.2) is 0 Å². The van der Waals surface area contributed by atoms with Crippen LogP contribution in [0.25, 0.3) is 0 Å². The van der Waals surface area contributed by atoms with Crippen LogP contribution in [0.2, 0.25) is 0 Å². The molecule has 0 aliphatic carbocycles. The summed E-state index contributed by atoms with van der Waals surface area (Å²) in [5.74, 6) is 0.380. The number of nitrogens with one attached hydrogen (secondary N) is 1. The molecule has 0 aromatic heterocycles. The molecule has 0 fully saturated rings. The first kappa shape index (κ1) is 6.89. The van der Waals surface area contributed by atoms with Gasteiger partial charge in [-0.15, -0.1) is 4.48 Å². The van der Waals surface area contributed by atoms with Crippen molar-refractivity contribution in [2.75, 3.05) is 0 Å². The Morgan fingerprint density at radius 3 is 1.71 bits per heavy atom. The quantitative estimate of drug-likeness (QED) is 0.525. The predicted octanol–water partition coefficient (Wildman–Crippen LogP) is 1.50. The number of hydrogen-bond donors (Lipinski definition) is 1. The van der Waals surface area contributed by atoms with E-state index in [1.807, 2.05) is 20.8 Å². The highest BCUT2D eigenvalue weighted by Crippen LogP contribution is 1.98. The van der Waals surface area contributed by atoms with Crippen LogP contribution in [0, 0.1) is 5.92 Å². The lowest BCUT2D eigenvalue weighted by molar-refractivity contribution is 0.242. The largest absolute Gasteiger partial charge is 0.156 e. The molecular formula is C5H12FN. The van der Waals surface area contributed by atoms with Crippen molar-refractivity contribution >= 4 is 0 Å². The second-order valence-corrected chi connectivity index (χ2v) is 2.14. The lowest BCUT2D eigenvalue weighted by atomic mass is 10.1. The Morgan fingerprint density at radius 1 is 1.29 bits per heavy atom. The molecule has 0 heterocycles. The summed E-state index contributed by atoms with van der Waals surface area (Å²) in [6.07, 6.45) is 0. The van der Waals surface area contributed by atoms with Crippen LogP contribution in [-0.2, 0) is 0 Å². The van der Waals surface area contributed by atoms with Gasteiger partial charge in [0.1, 0.15) is 0 Å². The molecule has 7 heavy (non-hydrogen) atoms. The Kier molecular flexibility index (Phi) is 2.92. The molecular weight excluding hydrogens is 93.1 g/mol. The minimum atomic E-state index is -0.0139. The van der Waals surface area contributed by atoms with Crippen LogP contribution < -0.4 is 5.54 Å². The van der Waals surface area contributed by atoms with E-state index in [1.54, 1.807) is 5.54 Å². The van der Waals surface area contributed by atoms with E-state index in [0.717, 1.165) is 0 Å². The summed E-state index contributed by atoms with van der Waals surface area (Å²) in [7, 11) is 0. The zero-order valence-corrected chi connectivity index (χ0v) is 5.03. The van der Waals surface area contributed by atoms with E-state index in [4.69, 9.17) is 0 Å². The third kappa shape index (κ3) is 2.57. The molecule has 0 saturated carbocycles. The molecule has 0 bridgehead atoms. The topological polar surface area (TPSA) is 12.0 Å². The van der Waals surface area contributed by atoms with E-state index >= 15 is 0 Å². The van der Waals surface area contributed by atoms with Crippen LogP contribution in [0.1, 0.15) is 20.8 Å². The molecule has 44 valence electrons. The highest BCUT2D eigenvalue weighted by molar-refractivity contribution is 4.56. The van der Waals surface area contributed by atoms with Crippen molar-refractivity contribution in [3.05, 3.63) is 0 Å². The van der Waals surface area contributed by atoms with E-state index in [0.29, 0.717) is 5.92 Å². The van der Waals surface area contributed by atoms with Gasteiger partial charge in [0.05, 0.1) is 0 Å². The summed E-state index contributed by atoms with van der Waals surface area (Å²) in [4.78, 5) is 0. The summed E-state index contributed by atoms with van der Waals surface area (Å²) in [6, 6.07) is -0.0139. The average Bonchev–Trinajstić information content (AvgIpc) is 1.65. The SMILES string of the molecule is CC(C)C(C)NF. The van der Waals surface area contributed by atoms with E-state index in [1.165, 1.54) is 0 Å². The normalized spacial score (nSPS) is 15.0. The van der Waals surface area contributed by atoms with Gasteiger partial charge in [0.15, 0.2) is 0 Å². The van der Waals surface area contributed by atoms with Gasteiger partial charge in [-0.1, -0.05) is 13.8 Å². The van der Waals surface area contributed by atoms with E-state index < -0.39 is 0 Å². The lowest BCUT2D eigenvalue weighted by Gasteiger charge is -2.09. The molecule has 0 radical (unpaired) electrons. The first-order valence-corrected chi connectivity index (χ1v) is 2.54. The van der Waals surface area contributed by atoms with Crippen molar-refractivity contribution in [1.82, 2.24) is 5.54 Å². The zero-order valence-electron chi connectivity index (χ0n) is 5.03. The molecule has 0 spiro atoms. The zero-order chi connectivity index (χ0) is 5.86. The Bertz CT molecular complexity index is 45.3. The fourth-order valence-corrected chi connectivity index (χ4v) is 0.126. The van der Waals surface area contributed by atoms with Crippen LogP contribution in [0.4, 0.5) is 4.48 Å². The maximum atomic E-state index is 11.4. The monoisotopic (exact) mass is 105 g/mol. The molecule has 0 aliphatic heterocycles. The van der Waals surface area contributed by atoms with Gasteiger partial charge >= 0.3 is 0 Å². The number of rotatable bonds is 2. The van der Waals surface area contributed by atoms with Gasteiger partial charge in [-0.2, -0.15) is 5.54 Å². The van der Waals surface area contributed by atoms with Gasteiger partial charge in [0.25, 0.3) is 0 Å². The van der Waals surface area contributed by atoms with Crippen molar-refractivity contribution in [1.29, 1.82) is 0 Å². The third-order valence-corrected chi connectivity index (χ3v) is 1.17. The van der Waals surface area contributed by atoms with Crippen LogP contribution in [-0.4, -0.2) is 6.04 Å². The van der Waals surface area contributed by atoms with Gasteiger partial charge in [0.2, 0.25) is 0 Å². The van der Waals surface area contributed by atoms with Crippen molar-refractivity contribution in [2.24, 2.45) is 5.92 Å². The highest BCUT2D eigenvalue weighted by Gasteiger charge is 2.02. The fraction of sp³-hybridized carbons (Fsp3) is 1.00. The smallest absolute Gasteiger partial charge is 0.0366 e. The molecule has 0 aromatic carbocycles. The van der Waals surface area contributed by atoms with Crippen molar-refractivity contribution < 1.29 is 4.48 Å². The van der Waals surface area contributed by atoms with Gasteiger partial charge in [0, 0.05) is 6.04 Å². The first-order valence-electron chi connectivity index (χ1n) is 2.54. The molecule has 0 saturated heterocycles. The average molecular weight is 105 g/mol. The standard InChI is InChI=1S/C5H12FN/c1-4(2)5(3)7-6/h4-5,7H,1-3H3. The number of halogens is 1. The van der Waals surface area contributed by atoms with Crippen molar-refractivity contribution in [3.8, 4) is 0 Å². The molecule has 1 N–H and O–H groups in total. The van der Waals surface area contributed by atoms with Crippen LogP contribution in [0.5, 0.6) is 0 Å². The number of hydrogen-bond acceptors (Lipinski definition) is 1. The molecule has 0 rings (SSSR count). The molecule has 2 heteroatoms. The Balaban J connectivity index is 3.14. The second kappa shape index (κ2) is 2.97. The third-order valence-electron chi connectivity index (χ3n) is 1.17. The maximum absolute atomic E-state index is 11.4. The highest BCUT2D eigenvalue weighted by atomic mass is 19.2. The first-order chi connectivity index (χ1) is 3.18. The summed E-state index contributed by atoms with van der Waals surface area (Å²) < 4.78 is 11.4. The molecule has 1 unspecified atom stereocenters. The fourth-order valence-electron chi connectivity index (χ4n) is 0.126. The second-order valence-electron chi connectivity index (χ2n) is 2.14. The Hall–Kier alpha value is -0.110.